The maximum Gasteiger partial charge on any atom is 0.321 e. The largest absolute Gasteiger partial charge is 0.481 e. The summed E-state index contributed by atoms with van der Waals surface area (Å²) in [5.74, 6) is -1.29. The molecule has 0 aromatic heterocycles. The van der Waals surface area contributed by atoms with Crippen LogP contribution in [0.2, 0.25) is 0 Å². The van der Waals surface area contributed by atoms with E-state index >= 15 is 0 Å². The third kappa shape index (κ3) is 3.17. The molecule has 104 valence electrons. The second-order valence-corrected chi connectivity index (χ2v) is 5.00. The molecule has 0 bridgehead atoms. The second-order valence-electron chi connectivity index (χ2n) is 4.44. The molecule has 0 fully saturated rings. The SMILES string of the molecule is CC(C(=O)O)c1ccc2cc(OC(=O)CBr)ccc2c1. The lowest BCUT2D eigenvalue weighted by Crippen LogP contribution is -2.08. The summed E-state index contributed by atoms with van der Waals surface area (Å²) in [6.45, 7) is 1.65. The summed E-state index contributed by atoms with van der Waals surface area (Å²) in [5, 5.41) is 11.0. The molecule has 20 heavy (non-hydrogen) atoms. The van der Waals surface area contributed by atoms with Crippen LogP contribution in [0.3, 0.4) is 0 Å². The van der Waals surface area contributed by atoms with Crippen molar-refractivity contribution in [2.45, 2.75) is 12.8 Å². The van der Waals surface area contributed by atoms with Gasteiger partial charge in [-0.3, -0.25) is 9.59 Å². The van der Waals surface area contributed by atoms with Crippen LogP contribution in [-0.2, 0) is 9.59 Å². The number of esters is 1. The smallest absolute Gasteiger partial charge is 0.321 e. The van der Waals surface area contributed by atoms with E-state index in [1.807, 2.05) is 18.2 Å². The highest BCUT2D eigenvalue weighted by atomic mass is 79.9. The van der Waals surface area contributed by atoms with Gasteiger partial charge >= 0.3 is 11.9 Å². The lowest BCUT2D eigenvalue weighted by Gasteiger charge is -2.09. The van der Waals surface area contributed by atoms with Gasteiger partial charge in [-0.15, -0.1) is 0 Å². The van der Waals surface area contributed by atoms with E-state index in [1.165, 1.54) is 0 Å². The predicted molar refractivity (Wildman–Crippen MR) is 79.4 cm³/mol. The number of carbonyl (C=O) groups excluding carboxylic acids is 1. The van der Waals surface area contributed by atoms with Crippen molar-refractivity contribution in [1.29, 1.82) is 0 Å². The van der Waals surface area contributed by atoms with Crippen LogP contribution in [0.4, 0.5) is 0 Å². The highest BCUT2D eigenvalue weighted by Gasteiger charge is 2.14. The van der Waals surface area contributed by atoms with Gasteiger partial charge < -0.3 is 9.84 Å². The van der Waals surface area contributed by atoms with Gasteiger partial charge in [0, 0.05) is 0 Å². The van der Waals surface area contributed by atoms with Gasteiger partial charge in [0.1, 0.15) is 11.1 Å². The van der Waals surface area contributed by atoms with Crippen LogP contribution in [0.5, 0.6) is 5.75 Å². The number of halogens is 1. The van der Waals surface area contributed by atoms with Crippen LogP contribution in [0.1, 0.15) is 18.4 Å². The Labute approximate surface area is 124 Å². The summed E-state index contributed by atoms with van der Waals surface area (Å²) in [7, 11) is 0. The van der Waals surface area contributed by atoms with Gasteiger partial charge in [-0.05, 0) is 35.4 Å². The number of rotatable bonds is 4. The number of carboxylic acid groups (broad SMARTS) is 1. The standard InChI is InChI=1S/C15H13BrO4/c1-9(15(18)19)10-2-3-12-7-13(20-14(17)8-16)5-4-11(12)6-10/h2-7,9H,8H2,1H3,(H,18,19). The molecule has 0 aliphatic rings. The van der Waals surface area contributed by atoms with Crippen molar-refractivity contribution >= 4 is 38.6 Å². The normalized spacial score (nSPS) is 12.1. The maximum absolute atomic E-state index is 11.2. The van der Waals surface area contributed by atoms with Crippen molar-refractivity contribution in [3.63, 3.8) is 0 Å². The number of hydrogen-bond donors (Lipinski definition) is 1. The van der Waals surface area contributed by atoms with Crippen LogP contribution in [0.15, 0.2) is 36.4 Å². The molecular formula is C15H13BrO4. The molecule has 2 rings (SSSR count). The molecule has 1 N–H and O–H groups in total. The number of fused-ring (bicyclic) bond motifs is 1. The fourth-order valence-electron chi connectivity index (χ4n) is 1.88. The maximum atomic E-state index is 11.2. The van der Waals surface area contributed by atoms with Gasteiger partial charge in [-0.25, -0.2) is 0 Å². The van der Waals surface area contributed by atoms with Crippen LogP contribution in [0, 0.1) is 0 Å². The van der Waals surface area contributed by atoms with E-state index in [1.54, 1.807) is 25.1 Å². The summed E-state index contributed by atoms with van der Waals surface area (Å²) < 4.78 is 5.11. The lowest BCUT2D eigenvalue weighted by atomic mass is 9.98. The first-order valence-electron chi connectivity index (χ1n) is 6.04. The second kappa shape index (κ2) is 6.05. The number of carbonyl (C=O) groups is 2. The molecule has 2 aromatic carbocycles. The molecule has 0 saturated heterocycles. The first kappa shape index (κ1) is 14.5. The Morgan fingerprint density at radius 1 is 1.20 bits per heavy atom. The predicted octanol–water partition coefficient (Wildman–Crippen LogP) is 3.33. The van der Waals surface area contributed by atoms with Crippen molar-refractivity contribution in [2.75, 3.05) is 5.33 Å². The zero-order chi connectivity index (χ0) is 14.7. The zero-order valence-electron chi connectivity index (χ0n) is 10.8. The molecule has 0 heterocycles. The number of hydrogen-bond acceptors (Lipinski definition) is 3. The molecule has 0 saturated carbocycles. The lowest BCUT2D eigenvalue weighted by molar-refractivity contribution is -0.138. The zero-order valence-corrected chi connectivity index (χ0v) is 12.4. The van der Waals surface area contributed by atoms with E-state index < -0.39 is 11.9 Å². The third-order valence-electron chi connectivity index (χ3n) is 3.05. The summed E-state index contributed by atoms with van der Waals surface area (Å²) >= 11 is 3.03. The Kier molecular flexibility index (Phi) is 4.39. The first-order valence-corrected chi connectivity index (χ1v) is 7.16. The summed E-state index contributed by atoms with van der Waals surface area (Å²) in [6, 6.07) is 10.7. The number of benzene rings is 2. The molecular weight excluding hydrogens is 324 g/mol. The molecule has 5 heteroatoms. The number of carboxylic acids is 1. The van der Waals surface area contributed by atoms with E-state index in [4.69, 9.17) is 9.84 Å². The molecule has 2 aromatic rings. The highest BCUT2D eigenvalue weighted by molar-refractivity contribution is 9.09. The van der Waals surface area contributed by atoms with Gasteiger partial charge in [-0.2, -0.15) is 0 Å². The topological polar surface area (TPSA) is 63.6 Å². The molecule has 0 amide bonds. The average molecular weight is 337 g/mol. The van der Waals surface area contributed by atoms with Crippen molar-refractivity contribution in [3.8, 4) is 5.75 Å². The van der Waals surface area contributed by atoms with Gasteiger partial charge in [0.2, 0.25) is 0 Å². The molecule has 4 nitrogen and oxygen atoms in total. The van der Waals surface area contributed by atoms with Gasteiger partial charge in [-0.1, -0.05) is 40.2 Å². The Balaban J connectivity index is 2.34. The molecule has 1 unspecified atom stereocenters. The van der Waals surface area contributed by atoms with Gasteiger partial charge in [0.05, 0.1) is 5.92 Å². The molecule has 0 aliphatic heterocycles. The summed E-state index contributed by atoms with van der Waals surface area (Å²) in [5.41, 5.74) is 0.746. The van der Waals surface area contributed by atoms with Crippen LogP contribution in [-0.4, -0.2) is 22.4 Å². The number of aliphatic carboxylic acids is 1. The van der Waals surface area contributed by atoms with Gasteiger partial charge in [0.25, 0.3) is 0 Å². The summed E-state index contributed by atoms with van der Waals surface area (Å²) in [6.07, 6.45) is 0. The minimum absolute atomic E-state index is 0.139. The first-order chi connectivity index (χ1) is 9.51. The molecule has 0 radical (unpaired) electrons. The molecule has 1 atom stereocenters. The highest BCUT2D eigenvalue weighted by Crippen LogP contribution is 2.25. The quantitative estimate of drug-likeness (QED) is 0.528. The van der Waals surface area contributed by atoms with Crippen molar-refractivity contribution in [2.24, 2.45) is 0 Å². The fraction of sp³-hybridized carbons (Fsp3) is 0.200. The molecule has 0 aliphatic carbocycles. The van der Waals surface area contributed by atoms with Crippen molar-refractivity contribution < 1.29 is 19.4 Å². The van der Waals surface area contributed by atoms with E-state index in [2.05, 4.69) is 15.9 Å². The van der Waals surface area contributed by atoms with E-state index in [9.17, 15) is 9.59 Å². The Hall–Kier alpha value is -1.88. The van der Waals surface area contributed by atoms with Crippen LogP contribution < -0.4 is 4.74 Å². The number of ether oxygens (including phenoxy) is 1. The molecule has 0 spiro atoms. The van der Waals surface area contributed by atoms with Crippen molar-refractivity contribution in [1.82, 2.24) is 0 Å². The number of alkyl halides is 1. The fourth-order valence-corrected chi connectivity index (χ4v) is 1.99. The monoisotopic (exact) mass is 336 g/mol. The summed E-state index contributed by atoms with van der Waals surface area (Å²) in [4.78, 5) is 22.2. The third-order valence-corrected chi connectivity index (χ3v) is 3.50. The average Bonchev–Trinajstić information content (AvgIpc) is 2.45. The van der Waals surface area contributed by atoms with Crippen LogP contribution in [0.25, 0.3) is 10.8 Å². The Morgan fingerprint density at radius 3 is 2.50 bits per heavy atom. The van der Waals surface area contributed by atoms with Crippen molar-refractivity contribution in [3.05, 3.63) is 42.0 Å². The minimum atomic E-state index is -0.854. The Morgan fingerprint density at radius 2 is 1.85 bits per heavy atom. The van der Waals surface area contributed by atoms with Crippen LogP contribution >= 0.6 is 15.9 Å². The van der Waals surface area contributed by atoms with E-state index in [0.717, 1.165) is 16.3 Å². The van der Waals surface area contributed by atoms with Gasteiger partial charge in [0.15, 0.2) is 0 Å². The minimum Gasteiger partial charge on any atom is -0.481 e. The van der Waals surface area contributed by atoms with E-state index in [-0.39, 0.29) is 11.3 Å². The Bertz CT molecular complexity index is 666. The van der Waals surface area contributed by atoms with E-state index in [0.29, 0.717) is 5.75 Å².